The Bertz CT molecular complexity index is 379. The van der Waals surface area contributed by atoms with Gasteiger partial charge >= 0.3 is 0 Å². The van der Waals surface area contributed by atoms with Gasteiger partial charge in [0.15, 0.2) is 0 Å². The fourth-order valence-corrected chi connectivity index (χ4v) is 4.16. The largest absolute Gasteiger partial charge is 0.353 e. The van der Waals surface area contributed by atoms with E-state index < -0.39 is 0 Å². The molecule has 0 aromatic heterocycles. The van der Waals surface area contributed by atoms with Crippen LogP contribution in [0.5, 0.6) is 0 Å². The lowest BCUT2D eigenvalue weighted by Gasteiger charge is -2.46. The van der Waals surface area contributed by atoms with Gasteiger partial charge in [0.25, 0.3) is 0 Å². The average molecular weight is 294 g/mol. The molecule has 0 spiro atoms. The summed E-state index contributed by atoms with van der Waals surface area (Å²) in [5.74, 6) is 0.776. The first-order valence-electron chi connectivity index (χ1n) is 8.69. The van der Waals surface area contributed by atoms with Gasteiger partial charge in [0.2, 0.25) is 5.91 Å². The van der Waals surface area contributed by atoms with Gasteiger partial charge in [0.05, 0.1) is 0 Å². The molecule has 0 heterocycles. The fourth-order valence-electron chi connectivity index (χ4n) is 4.16. The van der Waals surface area contributed by atoms with Gasteiger partial charge in [-0.25, -0.2) is 0 Å². The molecule has 3 N–H and O–H groups in total. The Labute approximate surface area is 130 Å². The van der Waals surface area contributed by atoms with E-state index in [1.807, 2.05) is 0 Å². The maximum absolute atomic E-state index is 12.7. The van der Waals surface area contributed by atoms with Crippen molar-refractivity contribution in [2.45, 2.75) is 85.2 Å². The standard InChI is InChI=1S/C18H34N2O/c1-12-15(19)7-6-14(18(12,4)5)16(21)20-13-8-10-17(2,3)11-9-13/h12-15H,6-11,19H2,1-5H3,(H,20,21). The van der Waals surface area contributed by atoms with Crippen molar-refractivity contribution in [3.63, 3.8) is 0 Å². The third kappa shape index (κ3) is 3.61. The molecule has 3 unspecified atom stereocenters. The molecule has 0 saturated heterocycles. The predicted molar refractivity (Wildman–Crippen MR) is 87.8 cm³/mol. The van der Waals surface area contributed by atoms with Gasteiger partial charge < -0.3 is 11.1 Å². The molecule has 2 saturated carbocycles. The van der Waals surface area contributed by atoms with Crippen LogP contribution in [0.4, 0.5) is 0 Å². The van der Waals surface area contributed by atoms with Gasteiger partial charge in [-0.2, -0.15) is 0 Å². The minimum Gasteiger partial charge on any atom is -0.353 e. The first-order chi connectivity index (χ1) is 9.63. The third-order valence-corrected chi connectivity index (χ3v) is 6.50. The van der Waals surface area contributed by atoms with Crippen molar-refractivity contribution in [3.8, 4) is 0 Å². The van der Waals surface area contributed by atoms with Crippen LogP contribution in [0.2, 0.25) is 0 Å². The lowest BCUT2D eigenvalue weighted by molar-refractivity contribution is -0.133. The van der Waals surface area contributed by atoms with Gasteiger partial charge in [0, 0.05) is 18.0 Å². The highest BCUT2D eigenvalue weighted by atomic mass is 16.2. The number of amides is 1. The number of carbonyl (C=O) groups excluding carboxylic acids is 1. The van der Waals surface area contributed by atoms with E-state index in [2.05, 4.69) is 39.9 Å². The van der Waals surface area contributed by atoms with Crippen LogP contribution in [0.25, 0.3) is 0 Å². The summed E-state index contributed by atoms with van der Waals surface area (Å²) < 4.78 is 0. The van der Waals surface area contributed by atoms with Crippen LogP contribution in [-0.4, -0.2) is 18.0 Å². The summed E-state index contributed by atoms with van der Waals surface area (Å²) in [7, 11) is 0. The molecule has 0 aromatic rings. The zero-order valence-electron chi connectivity index (χ0n) is 14.5. The summed E-state index contributed by atoms with van der Waals surface area (Å²) >= 11 is 0. The Balaban J connectivity index is 1.94. The second-order valence-corrected chi connectivity index (χ2v) is 8.85. The van der Waals surface area contributed by atoms with Crippen LogP contribution >= 0.6 is 0 Å². The highest BCUT2D eigenvalue weighted by molar-refractivity contribution is 5.80. The van der Waals surface area contributed by atoms with E-state index in [0.29, 0.717) is 17.4 Å². The monoisotopic (exact) mass is 294 g/mol. The topological polar surface area (TPSA) is 55.1 Å². The van der Waals surface area contributed by atoms with E-state index in [1.54, 1.807) is 0 Å². The third-order valence-electron chi connectivity index (χ3n) is 6.50. The van der Waals surface area contributed by atoms with Crippen molar-refractivity contribution in [2.75, 3.05) is 0 Å². The van der Waals surface area contributed by atoms with Crippen molar-refractivity contribution in [1.82, 2.24) is 5.32 Å². The maximum atomic E-state index is 12.7. The lowest BCUT2D eigenvalue weighted by atomic mass is 9.61. The molecule has 2 rings (SSSR count). The van der Waals surface area contributed by atoms with E-state index in [4.69, 9.17) is 5.73 Å². The zero-order chi connectivity index (χ0) is 15.8. The Kier molecular flexibility index (Phi) is 4.72. The second kappa shape index (κ2) is 5.91. The molecule has 2 fully saturated rings. The highest BCUT2D eigenvalue weighted by Gasteiger charge is 2.45. The molecule has 3 atom stereocenters. The van der Waals surface area contributed by atoms with Crippen molar-refractivity contribution in [1.29, 1.82) is 0 Å². The Morgan fingerprint density at radius 2 is 1.62 bits per heavy atom. The van der Waals surface area contributed by atoms with Crippen LogP contribution in [0.3, 0.4) is 0 Å². The summed E-state index contributed by atoms with van der Waals surface area (Å²) in [5, 5.41) is 3.34. The number of hydrogen-bond acceptors (Lipinski definition) is 2. The van der Waals surface area contributed by atoms with Crippen molar-refractivity contribution >= 4 is 5.91 Å². The Morgan fingerprint density at radius 1 is 1.05 bits per heavy atom. The maximum Gasteiger partial charge on any atom is 0.223 e. The molecule has 1 amide bonds. The molecule has 122 valence electrons. The predicted octanol–water partition coefficient (Wildman–Crippen LogP) is 3.47. The summed E-state index contributed by atoms with van der Waals surface area (Å²) in [5.41, 5.74) is 6.65. The van der Waals surface area contributed by atoms with E-state index in [9.17, 15) is 4.79 Å². The summed E-state index contributed by atoms with van der Waals surface area (Å²) in [6, 6.07) is 0.617. The molecule has 2 aliphatic rings. The van der Waals surface area contributed by atoms with Crippen LogP contribution in [0, 0.1) is 22.7 Å². The molecular weight excluding hydrogens is 260 g/mol. The van der Waals surface area contributed by atoms with Crippen molar-refractivity contribution < 1.29 is 4.79 Å². The Hall–Kier alpha value is -0.570. The van der Waals surface area contributed by atoms with Crippen molar-refractivity contribution in [2.24, 2.45) is 28.4 Å². The first kappa shape index (κ1) is 16.8. The van der Waals surface area contributed by atoms with Crippen molar-refractivity contribution in [3.05, 3.63) is 0 Å². The van der Waals surface area contributed by atoms with Crippen LogP contribution in [0.1, 0.15) is 73.1 Å². The molecule has 0 bridgehead atoms. The minimum absolute atomic E-state index is 0.00428. The van der Waals surface area contributed by atoms with Gasteiger partial charge in [0.1, 0.15) is 0 Å². The molecule has 0 radical (unpaired) electrons. The second-order valence-electron chi connectivity index (χ2n) is 8.85. The SMILES string of the molecule is CC1C(N)CCC(C(=O)NC2CCC(C)(C)CC2)C1(C)C. The van der Waals surface area contributed by atoms with E-state index in [1.165, 1.54) is 12.8 Å². The van der Waals surface area contributed by atoms with Gasteiger partial charge in [-0.1, -0.05) is 34.6 Å². The summed E-state index contributed by atoms with van der Waals surface area (Å²) in [6.07, 6.45) is 6.59. The van der Waals surface area contributed by atoms with Crippen LogP contribution in [0.15, 0.2) is 0 Å². The Morgan fingerprint density at radius 3 is 2.19 bits per heavy atom. The van der Waals surface area contributed by atoms with Crippen LogP contribution < -0.4 is 11.1 Å². The number of rotatable bonds is 2. The molecular formula is C18H34N2O. The quantitative estimate of drug-likeness (QED) is 0.819. The summed E-state index contributed by atoms with van der Waals surface area (Å²) in [6.45, 7) is 11.3. The molecule has 3 heteroatoms. The number of nitrogens with two attached hydrogens (primary N) is 1. The first-order valence-corrected chi connectivity index (χ1v) is 8.69. The molecule has 2 aliphatic carbocycles. The van der Waals surface area contributed by atoms with Gasteiger partial charge in [-0.05, 0) is 55.3 Å². The molecule has 0 aliphatic heterocycles. The number of carbonyl (C=O) groups is 1. The number of hydrogen-bond donors (Lipinski definition) is 2. The molecule has 3 nitrogen and oxygen atoms in total. The molecule has 0 aromatic carbocycles. The smallest absolute Gasteiger partial charge is 0.223 e. The average Bonchev–Trinajstić information content (AvgIpc) is 2.38. The van der Waals surface area contributed by atoms with Gasteiger partial charge in [-0.3, -0.25) is 4.79 Å². The van der Waals surface area contributed by atoms with E-state index in [-0.39, 0.29) is 23.3 Å². The van der Waals surface area contributed by atoms with E-state index in [0.717, 1.165) is 25.7 Å². The normalized spacial score (nSPS) is 36.2. The summed E-state index contributed by atoms with van der Waals surface area (Å²) in [4.78, 5) is 12.7. The lowest BCUT2D eigenvalue weighted by Crippen LogP contribution is -2.53. The van der Waals surface area contributed by atoms with Crippen LogP contribution in [-0.2, 0) is 4.79 Å². The highest BCUT2D eigenvalue weighted by Crippen LogP contribution is 2.44. The minimum atomic E-state index is -0.00428. The number of nitrogens with one attached hydrogen (secondary N) is 1. The van der Waals surface area contributed by atoms with Gasteiger partial charge in [-0.15, -0.1) is 0 Å². The fraction of sp³-hybridized carbons (Fsp3) is 0.944. The molecule has 21 heavy (non-hydrogen) atoms. The van der Waals surface area contributed by atoms with E-state index >= 15 is 0 Å². The zero-order valence-corrected chi connectivity index (χ0v) is 14.5.